The molecular formula is C12H24O4. The Bertz CT molecular complexity index is 166. The van der Waals surface area contributed by atoms with E-state index in [0.29, 0.717) is 19.6 Å². The SMILES string of the molecule is CC(O)CCO[C@H](C)COC1CCCCO1. The van der Waals surface area contributed by atoms with Crippen LogP contribution in [-0.2, 0) is 14.2 Å². The molecule has 0 saturated carbocycles. The number of aliphatic hydroxyl groups excluding tert-OH is 1. The summed E-state index contributed by atoms with van der Waals surface area (Å²) in [4.78, 5) is 0. The van der Waals surface area contributed by atoms with Crippen LogP contribution in [0, 0.1) is 0 Å². The van der Waals surface area contributed by atoms with Gasteiger partial charge in [-0.2, -0.15) is 0 Å². The van der Waals surface area contributed by atoms with Gasteiger partial charge < -0.3 is 19.3 Å². The van der Waals surface area contributed by atoms with Crippen molar-refractivity contribution in [2.24, 2.45) is 0 Å². The van der Waals surface area contributed by atoms with Crippen molar-refractivity contribution in [2.75, 3.05) is 19.8 Å². The lowest BCUT2D eigenvalue weighted by Gasteiger charge is -2.24. The zero-order valence-corrected chi connectivity index (χ0v) is 10.4. The number of rotatable bonds is 7. The van der Waals surface area contributed by atoms with Crippen molar-refractivity contribution in [2.45, 2.75) is 58.0 Å². The minimum atomic E-state index is -0.296. The number of aliphatic hydroxyl groups is 1. The van der Waals surface area contributed by atoms with Crippen LogP contribution in [0.15, 0.2) is 0 Å². The molecule has 4 nitrogen and oxygen atoms in total. The van der Waals surface area contributed by atoms with Crippen LogP contribution in [0.2, 0.25) is 0 Å². The lowest BCUT2D eigenvalue weighted by molar-refractivity contribution is -0.178. The van der Waals surface area contributed by atoms with E-state index in [1.165, 1.54) is 6.42 Å². The molecule has 16 heavy (non-hydrogen) atoms. The van der Waals surface area contributed by atoms with Crippen molar-refractivity contribution in [3.8, 4) is 0 Å². The molecule has 1 saturated heterocycles. The molecule has 1 rings (SSSR count). The minimum absolute atomic E-state index is 0.0448. The predicted octanol–water partition coefficient (Wildman–Crippen LogP) is 1.71. The summed E-state index contributed by atoms with van der Waals surface area (Å²) in [5.74, 6) is 0. The first-order valence-corrected chi connectivity index (χ1v) is 6.21. The summed E-state index contributed by atoms with van der Waals surface area (Å²) in [5.41, 5.74) is 0. The van der Waals surface area contributed by atoms with Crippen LogP contribution < -0.4 is 0 Å². The van der Waals surface area contributed by atoms with Gasteiger partial charge in [-0.15, -0.1) is 0 Å². The van der Waals surface area contributed by atoms with Gasteiger partial charge in [-0.1, -0.05) is 0 Å². The van der Waals surface area contributed by atoms with E-state index in [9.17, 15) is 0 Å². The van der Waals surface area contributed by atoms with Crippen molar-refractivity contribution in [1.29, 1.82) is 0 Å². The average molecular weight is 232 g/mol. The highest BCUT2D eigenvalue weighted by Gasteiger charge is 2.15. The molecular weight excluding hydrogens is 208 g/mol. The van der Waals surface area contributed by atoms with Crippen LogP contribution in [0.4, 0.5) is 0 Å². The van der Waals surface area contributed by atoms with E-state index >= 15 is 0 Å². The van der Waals surface area contributed by atoms with Gasteiger partial charge >= 0.3 is 0 Å². The van der Waals surface area contributed by atoms with Gasteiger partial charge in [0.05, 0.1) is 18.8 Å². The second-order valence-electron chi connectivity index (χ2n) is 4.45. The molecule has 0 radical (unpaired) electrons. The summed E-state index contributed by atoms with van der Waals surface area (Å²) in [6, 6.07) is 0. The van der Waals surface area contributed by atoms with E-state index in [-0.39, 0.29) is 18.5 Å². The van der Waals surface area contributed by atoms with Gasteiger partial charge in [0, 0.05) is 13.2 Å². The topological polar surface area (TPSA) is 47.9 Å². The predicted molar refractivity (Wildman–Crippen MR) is 61.3 cm³/mol. The highest BCUT2D eigenvalue weighted by atomic mass is 16.7. The van der Waals surface area contributed by atoms with Crippen LogP contribution in [0.3, 0.4) is 0 Å². The highest BCUT2D eigenvalue weighted by Crippen LogP contribution is 2.14. The fourth-order valence-corrected chi connectivity index (χ4v) is 1.57. The molecule has 1 aliphatic heterocycles. The maximum absolute atomic E-state index is 9.07. The van der Waals surface area contributed by atoms with E-state index in [1.807, 2.05) is 6.92 Å². The van der Waals surface area contributed by atoms with Gasteiger partial charge in [-0.3, -0.25) is 0 Å². The van der Waals surface area contributed by atoms with E-state index in [4.69, 9.17) is 19.3 Å². The first-order chi connectivity index (χ1) is 7.68. The third-order valence-electron chi connectivity index (χ3n) is 2.59. The van der Waals surface area contributed by atoms with Crippen LogP contribution in [0.5, 0.6) is 0 Å². The minimum Gasteiger partial charge on any atom is -0.393 e. The van der Waals surface area contributed by atoms with Crippen molar-refractivity contribution >= 4 is 0 Å². The molecule has 1 aliphatic rings. The zero-order chi connectivity index (χ0) is 11.8. The second-order valence-corrected chi connectivity index (χ2v) is 4.45. The standard InChI is InChI=1S/C12H24O4/c1-10(13)6-8-14-11(2)9-16-12-5-3-4-7-15-12/h10-13H,3-9H2,1-2H3/t10?,11-,12?/m1/s1. The fourth-order valence-electron chi connectivity index (χ4n) is 1.57. The normalized spacial score (nSPS) is 25.3. The maximum Gasteiger partial charge on any atom is 0.157 e. The number of hydrogen-bond donors (Lipinski definition) is 1. The van der Waals surface area contributed by atoms with E-state index in [1.54, 1.807) is 6.92 Å². The van der Waals surface area contributed by atoms with Gasteiger partial charge in [-0.25, -0.2) is 0 Å². The van der Waals surface area contributed by atoms with Crippen molar-refractivity contribution < 1.29 is 19.3 Å². The Balaban J connectivity index is 1.98. The van der Waals surface area contributed by atoms with Gasteiger partial charge in [0.15, 0.2) is 6.29 Å². The van der Waals surface area contributed by atoms with Crippen molar-refractivity contribution in [3.63, 3.8) is 0 Å². The molecule has 1 heterocycles. The Labute approximate surface area is 97.9 Å². The summed E-state index contributed by atoms with van der Waals surface area (Å²) in [7, 11) is 0. The molecule has 1 N–H and O–H groups in total. The molecule has 0 aromatic rings. The summed E-state index contributed by atoms with van der Waals surface area (Å²) in [6.07, 6.45) is 3.70. The van der Waals surface area contributed by atoms with Crippen molar-refractivity contribution in [3.05, 3.63) is 0 Å². The smallest absolute Gasteiger partial charge is 0.157 e. The molecule has 3 atom stereocenters. The Morgan fingerprint density at radius 1 is 1.38 bits per heavy atom. The molecule has 0 aromatic carbocycles. The summed E-state index contributed by atoms with van der Waals surface area (Å²) in [6.45, 7) is 5.69. The Morgan fingerprint density at radius 3 is 2.81 bits per heavy atom. The lowest BCUT2D eigenvalue weighted by atomic mass is 10.2. The number of hydrogen-bond acceptors (Lipinski definition) is 4. The molecule has 0 amide bonds. The van der Waals surface area contributed by atoms with Gasteiger partial charge in [0.2, 0.25) is 0 Å². The highest BCUT2D eigenvalue weighted by molar-refractivity contribution is 4.56. The van der Waals surface area contributed by atoms with Gasteiger partial charge in [0.25, 0.3) is 0 Å². The Hall–Kier alpha value is -0.160. The third kappa shape index (κ3) is 6.43. The molecule has 2 unspecified atom stereocenters. The molecule has 0 aromatic heterocycles. The van der Waals surface area contributed by atoms with Crippen LogP contribution in [0.1, 0.15) is 39.5 Å². The second kappa shape index (κ2) is 8.01. The molecule has 1 fully saturated rings. The van der Waals surface area contributed by atoms with E-state index in [0.717, 1.165) is 19.4 Å². The Kier molecular flexibility index (Phi) is 6.96. The van der Waals surface area contributed by atoms with Gasteiger partial charge in [-0.05, 0) is 39.5 Å². The first kappa shape index (κ1) is 13.9. The van der Waals surface area contributed by atoms with E-state index in [2.05, 4.69) is 0 Å². The number of ether oxygens (including phenoxy) is 3. The molecule has 0 spiro atoms. The summed E-state index contributed by atoms with van der Waals surface area (Å²) in [5, 5.41) is 9.07. The first-order valence-electron chi connectivity index (χ1n) is 6.21. The third-order valence-corrected chi connectivity index (χ3v) is 2.59. The van der Waals surface area contributed by atoms with Crippen LogP contribution in [-0.4, -0.2) is 43.4 Å². The van der Waals surface area contributed by atoms with Gasteiger partial charge in [0.1, 0.15) is 0 Å². The van der Waals surface area contributed by atoms with Crippen molar-refractivity contribution in [1.82, 2.24) is 0 Å². The van der Waals surface area contributed by atoms with Crippen LogP contribution >= 0.6 is 0 Å². The maximum atomic E-state index is 9.07. The quantitative estimate of drug-likeness (QED) is 0.726. The largest absolute Gasteiger partial charge is 0.393 e. The summed E-state index contributed by atoms with van der Waals surface area (Å²) >= 11 is 0. The molecule has 0 bridgehead atoms. The lowest BCUT2D eigenvalue weighted by Crippen LogP contribution is -2.27. The molecule has 4 heteroatoms. The average Bonchev–Trinajstić information content (AvgIpc) is 2.27. The summed E-state index contributed by atoms with van der Waals surface area (Å²) < 4.78 is 16.5. The van der Waals surface area contributed by atoms with E-state index < -0.39 is 0 Å². The fraction of sp³-hybridized carbons (Fsp3) is 1.00. The molecule has 0 aliphatic carbocycles. The monoisotopic (exact) mass is 232 g/mol. The Morgan fingerprint density at radius 2 is 2.19 bits per heavy atom. The van der Waals surface area contributed by atoms with Crippen LogP contribution in [0.25, 0.3) is 0 Å². The zero-order valence-electron chi connectivity index (χ0n) is 10.4. The molecule has 96 valence electrons.